The van der Waals surface area contributed by atoms with Gasteiger partial charge in [0.15, 0.2) is 0 Å². The average molecular weight is 361 g/mol. The van der Waals surface area contributed by atoms with Gasteiger partial charge in [0.1, 0.15) is 0 Å². The zero-order valence-electron chi connectivity index (χ0n) is 13.7. The first-order chi connectivity index (χ1) is 12.8. The fraction of sp³-hybridized carbons (Fsp3) is 0.0526. The van der Waals surface area contributed by atoms with Gasteiger partial charge in [0.2, 0.25) is 11.1 Å². The van der Waals surface area contributed by atoms with Crippen LogP contribution in [0.1, 0.15) is 0 Å². The molecule has 6 nitrogen and oxygen atoms in total. The van der Waals surface area contributed by atoms with Gasteiger partial charge in [-0.3, -0.25) is 4.79 Å². The summed E-state index contributed by atoms with van der Waals surface area (Å²) >= 11 is 1.28. The largest absolute Gasteiger partial charge is 0.325 e. The number of thioether (sulfide) groups is 1. The molecule has 0 aliphatic carbocycles. The molecule has 2 aromatic carbocycles. The fourth-order valence-corrected chi connectivity index (χ4v) is 3.18. The quantitative estimate of drug-likeness (QED) is 0.551. The molecule has 0 aliphatic heterocycles. The number of carbonyl (C=O) groups is 1. The van der Waals surface area contributed by atoms with E-state index in [2.05, 4.69) is 20.4 Å². The zero-order valence-corrected chi connectivity index (χ0v) is 14.6. The summed E-state index contributed by atoms with van der Waals surface area (Å²) in [5.41, 5.74) is 2.83. The van der Waals surface area contributed by atoms with Crippen molar-refractivity contribution in [3.8, 4) is 11.1 Å². The van der Waals surface area contributed by atoms with E-state index >= 15 is 0 Å². The Bertz CT molecular complexity index is 1010. The number of hydrogen-bond donors (Lipinski definition) is 1. The van der Waals surface area contributed by atoms with Crippen molar-refractivity contribution in [3.63, 3.8) is 0 Å². The molecule has 7 heteroatoms. The molecule has 26 heavy (non-hydrogen) atoms. The number of para-hydroxylation sites is 1. The first-order valence-electron chi connectivity index (χ1n) is 8.04. The van der Waals surface area contributed by atoms with Gasteiger partial charge in [0, 0.05) is 23.6 Å². The maximum atomic E-state index is 12.4. The lowest BCUT2D eigenvalue weighted by Gasteiger charge is -2.10. The highest BCUT2D eigenvalue weighted by molar-refractivity contribution is 7.99. The van der Waals surface area contributed by atoms with Crippen LogP contribution in [0.3, 0.4) is 0 Å². The molecular formula is C19H15N5OS. The first kappa shape index (κ1) is 16.3. The highest BCUT2D eigenvalue weighted by Crippen LogP contribution is 2.27. The molecule has 1 amide bonds. The minimum absolute atomic E-state index is 0.106. The van der Waals surface area contributed by atoms with Crippen LogP contribution in [-0.4, -0.2) is 31.2 Å². The molecule has 0 bridgehead atoms. The first-order valence-corrected chi connectivity index (χ1v) is 9.03. The number of carbonyl (C=O) groups excluding carboxylic acids is 1. The van der Waals surface area contributed by atoms with Crippen LogP contribution in [0.5, 0.6) is 0 Å². The van der Waals surface area contributed by atoms with Crippen LogP contribution < -0.4 is 5.32 Å². The lowest BCUT2D eigenvalue weighted by molar-refractivity contribution is -0.113. The molecule has 0 saturated heterocycles. The van der Waals surface area contributed by atoms with E-state index < -0.39 is 0 Å². The van der Waals surface area contributed by atoms with Crippen molar-refractivity contribution in [1.82, 2.24) is 19.6 Å². The maximum absolute atomic E-state index is 12.4. The number of benzene rings is 2. The predicted octanol–water partition coefficient (Wildman–Crippen LogP) is 3.52. The van der Waals surface area contributed by atoms with Crippen LogP contribution in [-0.2, 0) is 4.79 Å². The van der Waals surface area contributed by atoms with Gasteiger partial charge < -0.3 is 5.32 Å². The maximum Gasteiger partial charge on any atom is 0.253 e. The molecule has 0 atom stereocenters. The summed E-state index contributed by atoms with van der Waals surface area (Å²) in [6.07, 6.45) is 3.43. The Morgan fingerprint density at radius 3 is 2.69 bits per heavy atom. The number of nitrogens with zero attached hydrogens (tertiary/aromatic N) is 4. The second kappa shape index (κ2) is 7.37. The third kappa shape index (κ3) is 3.57. The normalized spacial score (nSPS) is 10.8. The van der Waals surface area contributed by atoms with Gasteiger partial charge in [0.05, 0.1) is 5.75 Å². The van der Waals surface area contributed by atoms with Gasteiger partial charge in [-0.1, -0.05) is 60.3 Å². The SMILES string of the molecule is O=C(CSc1nc2ncccn2n1)Nc1ccccc1-c1ccccc1. The highest BCUT2D eigenvalue weighted by atomic mass is 32.2. The van der Waals surface area contributed by atoms with E-state index in [-0.39, 0.29) is 11.7 Å². The Morgan fingerprint density at radius 1 is 1.04 bits per heavy atom. The summed E-state index contributed by atoms with van der Waals surface area (Å²) in [5, 5.41) is 7.78. The molecule has 4 aromatic rings. The monoisotopic (exact) mass is 361 g/mol. The van der Waals surface area contributed by atoms with E-state index in [0.29, 0.717) is 10.9 Å². The van der Waals surface area contributed by atoms with E-state index in [1.165, 1.54) is 11.8 Å². The van der Waals surface area contributed by atoms with Crippen molar-refractivity contribution in [1.29, 1.82) is 0 Å². The van der Waals surface area contributed by atoms with Crippen LogP contribution in [0.2, 0.25) is 0 Å². The van der Waals surface area contributed by atoms with Crippen molar-refractivity contribution >= 4 is 29.1 Å². The van der Waals surface area contributed by atoms with Crippen LogP contribution >= 0.6 is 11.8 Å². The van der Waals surface area contributed by atoms with Crippen LogP contribution in [0.4, 0.5) is 5.69 Å². The van der Waals surface area contributed by atoms with Crippen molar-refractivity contribution < 1.29 is 4.79 Å². The smallest absolute Gasteiger partial charge is 0.253 e. The van der Waals surface area contributed by atoms with Crippen molar-refractivity contribution in [2.24, 2.45) is 0 Å². The highest BCUT2D eigenvalue weighted by Gasteiger charge is 2.11. The molecule has 4 rings (SSSR count). The lowest BCUT2D eigenvalue weighted by atomic mass is 10.0. The van der Waals surface area contributed by atoms with Crippen molar-refractivity contribution in [3.05, 3.63) is 73.1 Å². The Hall–Kier alpha value is -3.19. The van der Waals surface area contributed by atoms with Gasteiger partial charge in [-0.05, 0) is 17.7 Å². The second-order valence-corrected chi connectivity index (χ2v) is 6.45. The van der Waals surface area contributed by atoms with E-state index in [0.717, 1.165) is 16.8 Å². The van der Waals surface area contributed by atoms with Crippen LogP contribution in [0.25, 0.3) is 16.9 Å². The van der Waals surface area contributed by atoms with Crippen molar-refractivity contribution in [2.45, 2.75) is 5.16 Å². The van der Waals surface area contributed by atoms with Gasteiger partial charge in [-0.25, -0.2) is 9.50 Å². The standard InChI is InChI=1S/C19H15N5OS/c25-17(13-26-19-22-18-20-11-6-12-24(18)23-19)21-16-10-5-4-9-15(16)14-7-2-1-3-8-14/h1-12H,13H2,(H,21,25). The molecule has 0 radical (unpaired) electrons. The molecule has 2 aromatic heterocycles. The molecule has 128 valence electrons. The van der Waals surface area contributed by atoms with E-state index in [4.69, 9.17) is 0 Å². The van der Waals surface area contributed by atoms with E-state index in [9.17, 15) is 4.79 Å². The summed E-state index contributed by atoms with van der Waals surface area (Å²) in [7, 11) is 0. The second-order valence-electron chi connectivity index (χ2n) is 5.51. The number of nitrogens with one attached hydrogen (secondary N) is 1. The molecule has 0 unspecified atom stereocenters. The van der Waals surface area contributed by atoms with E-state index in [1.807, 2.05) is 54.6 Å². The Balaban J connectivity index is 1.45. The minimum atomic E-state index is -0.106. The summed E-state index contributed by atoms with van der Waals surface area (Å²) in [4.78, 5) is 20.8. The molecule has 2 heterocycles. The number of aromatic nitrogens is 4. The number of rotatable bonds is 5. The van der Waals surface area contributed by atoms with Crippen LogP contribution in [0, 0.1) is 0 Å². The fourth-order valence-electron chi connectivity index (χ4n) is 2.55. The molecule has 1 N–H and O–H groups in total. The summed E-state index contributed by atoms with van der Waals surface area (Å²) in [6.45, 7) is 0. The topological polar surface area (TPSA) is 72.2 Å². The predicted molar refractivity (Wildman–Crippen MR) is 102 cm³/mol. The molecular weight excluding hydrogens is 346 g/mol. The Kier molecular flexibility index (Phi) is 4.61. The number of fused-ring (bicyclic) bond motifs is 1. The molecule has 0 fully saturated rings. The number of hydrogen-bond acceptors (Lipinski definition) is 5. The van der Waals surface area contributed by atoms with Gasteiger partial charge in [-0.2, -0.15) is 4.98 Å². The summed E-state index contributed by atoms with van der Waals surface area (Å²) < 4.78 is 1.59. The third-order valence-corrected chi connectivity index (χ3v) is 4.55. The van der Waals surface area contributed by atoms with Crippen molar-refractivity contribution in [2.75, 3.05) is 11.1 Å². The number of anilines is 1. The summed E-state index contributed by atoms with van der Waals surface area (Å²) in [6, 6.07) is 19.5. The zero-order chi connectivity index (χ0) is 17.8. The molecule has 0 aliphatic rings. The average Bonchev–Trinajstić information content (AvgIpc) is 3.11. The molecule has 0 spiro atoms. The van der Waals surface area contributed by atoms with Gasteiger partial charge in [0.25, 0.3) is 5.78 Å². The molecule has 0 saturated carbocycles. The Labute approximate surface area is 154 Å². The van der Waals surface area contributed by atoms with Gasteiger partial charge >= 0.3 is 0 Å². The summed E-state index contributed by atoms with van der Waals surface area (Å²) in [5.74, 6) is 0.634. The van der Waals surface area contributed by atoms with E-state index in [1.54, 1.807) is 23.0 Å². The Morgan fingerprint density at radius 2 is 1.85 bits per heavy atom. The lowest BCUT2D eigenvalue weighted by Crippen LogP contribution is -2.14. The van der Waals surface area contributed by atoms with Gasteiger partial charge in [-0.15, -0.1) is 5.10 Å². The number of amides is 1. The van der Waals surface area contributed by atoms with Crippen LogP contribution in [0.15, 0.2) is 78.2 Å². The minimum Gasteiger partial charge on any atom is -0.325 e. The third-order valence-electron chi connectivity index (χ3n) is 3.72.